The van der Waals surface area contributed by atoms with Crippen molar-refractivity contribution in [1.82, 2.24) is 19.9 Å². The second-order valence-corrected chi connectivity index (χ2v) is 8.09. The Balaban J connectivity index is 1.36. The van der Waals surface area contributed by atoms with E-state index in [0.29, 0.717) is 16.7 Å². The van der Waals surface area contributed by atoms with Crippen LogP contribution in [0.1, 0.15) is 44.5 Å². The van der Waals surface area contributed by atoms with Gasteiger partial charge in [0.2, 0.25) is 11.7 Å². The largest absolute Gasteiger partial charge is 0.337 e. The van der Waals surface area contributed by atoms with Crippen molar-refractivity contribution < 1.29 is 4.52 Å². The molecule has 0 spiro atoms. The smallest absolute Gasteiger partial charge is 0.244 e. The Morgan fingerprint density at radius 3 is 2.69 bits per heavy atom. The van der Waals surface area contributed by atoms with Gasteiger partial charge in [-0.15, -0.1) is 0 Å². The molecule has 1 aromatic heterocycles. The zero-order valence-corrected chi connectivity index (χ0v) is 16.2. The maximum Gasteiger partial charge on any atom is 0.244 e. The molecule has 0 bridgehead atoms. The number of nitrogens with zero attached hydrogens (tertiary/aromatic N) is 4. The lowest BCUT2D eigenvalue weighted by Gasteiger charge is -2.29. The number of hydrogen-bond donors (Lipinski definition) is 0. The number of likely N-dealkylation sites (tertiary alicyclic amines) is 2. The van der Waals surface area contributed by atoms with E-state index in [4.69, 9.17) is 16.1 Å². The fourth-order valence-corrected chi connectivity index (χ4v) is 4.27. The summed E-state index contributed by atoms with van der Waals surface area (Å²) in [7, 11) is 0. The molecule has 2 aromatic rings. The molecule has 2 fully saturated rings. The van der Waals surface area contributed by atoms with Gasteiger partial charge in [0.05, 0.1) is 6.04 Å². The van der Waals surface area contributed by atoms with Crippen LogP contribution >= 0.6 is 11.6 Å². The molecule has 0 aliphatic carbocycles. The maximum absolute atomic E-state index is 5.95. The molecule has 4 rings (SSSR count). The molecule has 2 aliphatic rings. The fourth-order valence-electron chi connectivity index (χ4n) is 4.15. The molecule has 0 amide bonds. The van der Waals surface area contributed by atoms with Gasteiger partial charge in [0, 0.05) is 23.7 Å². The van der Waals surface area contributed by atoms with Crippen molar-refractivity contribution in [3.05, 3.63) is 35.2 Å². The molecule has 140 valence electrons. The Morgan fingerprint density at radius 2 is 1.92 bits per heavy atom. The number of aromatic nitrogens is 2. The highest BCUT2D eigenvalue weighted by Crippen LogP contribution is 2.29. The van der Waals surface area contributed by atoms with Gasteiger partial charge >= 0.3 is 0 Å². The first kappa shape index (κ1) is 18.0. The van der Waals surface area contributed by atoms with E-state index in [-0.39, 0.29) is 6.04 Å². The van der Waals surface area contributed by atoms with Crippen molar-refractivity contribution in [2.24, 2.45) is 5.92 Å². The van der Waals surface area contributed by atoms with Crippen LogP contribution in [0.25, 0.3) is 11.4 Å². The average Bonchev–Trinajstić information content (AvgIpc) is 3.33. The summed E-state index contributed by atoms with van der Waals surface area (Å²) in [6.07, 6.45) is 5.39. The number of hydrogen-bond acceptors (Lipinski definition) is 5. The molecule has 0 radical (unpaired) electrons. The molecule has 3 heterocycles. The quantitative estimate of drug-likeness (QED) is 0.782. The summed E-state index contributed by atoms with van der Waals surface area (Å²) in [4.78, 5) is 9.75. The topological polar surface area (TPSA) is 45.4 Å². The maximum atomic E-state index is 5.95. The van der Waals surface area contributed by atoms with E-state index in [2.05, 4.69) is 26.9 Å². The zero-order chi connectivity index (χ0) is 17.9. The van der Waals surface area contributed by atoms with E-state index in [9.17, 15) is 0 Å². The Morgan fingerprint density at radius 1 is 1.15 bits per heavy atom. The van der Waals surface area contributed by atoms with Crippen LogP contribution in [0.5, 0.6) is 0 Å². The second-order valence-electron chi connectivity index (χ2n) is 7.65. The van der Waals surface area contributed by atoms with Gasteiger partial charge < -0.3 is 9.42 Å². The fraction of sp³-hybridized carbons (Fsp3) is 0.600. The predicted molar refractivity (Wildman–Crippen MR) is 103 cm³/mol. The monoisotopic (exact) mass is 374 g/mol. The van der Waals surface area contributed by atoms with Crippen LogP contribution < -0.4 is 0 Å². The van der Waals surface area contributed by atoms with Crippen molar-refractivity contribution in [1.29, 1.82) is 0 Å². The van der Waals surface area contributed by atoms with Gasteiger partial charge in [-0.1, -0.05) is 23.2 Å². The molecule has 0 unspecified atom stereocenters. The van der Waals surface area contributed by atoms with Crippen LogP contribution in [0, 0.1) is 5.92 Å². The average molecular weight is 375 g/mol. The van der Waals surface area contributed by atoms with Gasteiger partial charge in [-0.3, -0.25) is 4.90 Å². The molecule has 26 heavy (non-hydrogen) atoms. The molecular formula is C20H27ClN4O. The Hall–Kier alpha value is -1.43. The lowest BCUT2D eigenvalue weighted by molar-refractivity contribution is 0.175. The van der Waals surface area contributed by atoms with Crippen LogP contribution in [0.15, 0.2) is 28.8 Å². The Kier molecular flexibility index (Phi) is 5.57. The predicted octanol–water partition coefficient (Wildman–Crippen LogP) is 4.26. The SMILES string of the molecule is C[C@@H](c1nc(-c2ccc(Cl)cc2)no1)N1CC[C@@H](CN2CCCCC2)C1. The lowest BCUT2D eigenvalue weighted by Crippen LogP contribution is -2.35. The van der Waals surface area contributed by atoms with Crippen molar-refractivity contribution in [2.45, 2.75) is 38.6 Å². The Labute approximate surface area is 160 Å². The van der Waals surface area contributed by atoms with Gasteiger partial charge in [0.25, 0.3) is 0 Å². The number of halogens is 1. The molecule has 6 heteroatoms. The molecule has 0 saturated carbocycles. The first-order valence-electron chi connectivity index (χ1n) is 9.75. The summed E-state index contributed by atoms with van der Waals surface area (Å²) in [5.74, 6) is 2.09. The first-order chi connectivity index (χ1) is 12.7. The van der Waals surface area contributed by atoms with Gasteiger partial charge in [-0.25, -0.2) is 0 Å². The summed E-state index contributed by atoms with van der Waals surface area (Å²) in [6, 6.07) is 7.71. The van der Waals surface area contributed by atoms with Gasteiger partial charge in [-0.05, 0) is 76.0 Å². The first-order valence-corrected chi connectivity index (χ1v) is 10.1. The lowest BCUT2D eigenvalue weighted by atomic mass is 10.1. The van der Waals surface area contributed by atoms with Crippen molar-refractivity contribution >= 4 is 11.6 Å². The molecular weight excluding hydrogens is 348 g/mol. The molecule has 1 aromatic carbocycles. The Bertz CT molecular complexity index is 711. The summed E-state index contributed by atoms with van der Waals surface area (Å²) >= 11 is 5.95. The molecule has 5 nitrogen and oxygen atoms in total. The highest BCUT2D eigenvalue weighted by molar-refractivity contribution is 6.30. The van der Waals surface area contributed by atoms with Gasteiger partial charge in [0.1, 0.15) is 0 Å². The number of benzene rings is 1. The van der Waals surface area contributed by atoms with Gasteiger partial charge in [0.15, 0.2) is 0 Å². The minimum atomic E-state index is 0.162. The van der Waals surface area contributed by atoms with Crippen LogP contribution in [-0.4, -0.2) is 52.7 Å². The molecule has 0 N–H and O–H groups in total. The van der Waals surface area contributed by atoms with Crippen LogP contribution in [0.2, 0.25) is 5.02 Å². The highest BCUT2D eigenvalue weighted by Gasteiger charge is 2.30. The highest BCUT2D eigenvalue weighted by atomic mass is 35.5. The number of rotatable bonds is 5. The van der Waals surface area contributed by atoms with Crippen molar-refractivity contribution in [3.8, 4) is 11.4 Å². The summed E-state index contributed by atoms with van der Waals surface area (Å²) in [6.45, 7) is 8.19. The second kappa shape index (κ2) is 8.07. The van der Waals surface area contributed by atoms with E-state index in [1.54, 1.807) is 0 Å². The minimum Gasteiger partial charge on any atom is -0.337 e. The van der Waals surface area contributed by atoms with Gasteiger partial charge in [-0.2, -0.15) is 4.98 Å². The van der Waals surface area contributed by atoms with Crippen LogP contribution in [-0.2, 0) is 0 Å². The molecule has 2 saturated heterocycles. The normalized spacial score (nSPS) is 23.4. The van der Waals surface area contributed by atoms with Crippen molar-refractivity contribution in [3.63, 3.8) is 0 Å². The van der Waals surface area contributed by atoms with E-state index >= 15 is 0 Å². The third-order valence-electron chi connectivity index (χ3n) is 5.73. The third-order valence-corrected chi connectivity index (χ3v) is 5.98. The van der Waals surface area contributed by atoms with E-state index < -0.39 is 0 Å². The summed E-state index contributed by atoms with van der Waals surface area (Å²) < 4.78 is 5.56. The van der Waals surface area contributed by atoms with E-state index in [0.717, 1.165) is 24.6 Å². The van der Waals surface area contributed by atoms with E-state index in [1.165, 1.54) is 45.3 Å². The van der Waals surface area contributed by atoms with E-state index in [1.807, 2.05) is 24.3 Å². The summed E-state index contributed by atoms with van der Waals surface area (Å²) in [5, 5.41) is 4.87. The molecule has 2 atom stereocenters. The number of piperidine rings is 1. The molecule has 2 aliphatic heterocycles. The van der Waals surface area contributed by atoms with Crippen molar-refractivity contribution in [2.75, 3.05) is 32.7 Å². The van der Waals surface area contributed by atoms with Crippen LogP contribution in [0.4, 0.5) is 0 Å². The zero-order valence-electron chi connectivity index (χ0n) is 15.4. The van der Waals surface area contributed by atoms with Crippen LogP contribution in [0.3, 0.4) is 0 Å². The standard InChI is InChI=1S/C20H27ClN4O/c1-15(20-22-19(23-26-20)17-5-7-18(21)8-6-17)25-12-9-16(14-25)13-24-10-3-2-4-11-24/h5-8,15-16H,2-4,9-14H2,1H3/t15-,16-/m0/s1. The third kappa shape index (κ3) is 4.11. The summed E-state index contributed by atoms with van der Waals surface area (Å²) in [5.41, 5.74) is 0.931. The minimum absolute atomic E-state index is 0.162.